The Labute approximate surface area is 53.1 Å². The van der Waals surface area contributed by atoms with E-state index in [-0.39, 0.29) is 12.8 Å². The molecule has 56 valence electrons. The summed E-state index contributed by atoms with van der Waals surface area (Å²) < 4.78 is 35.2. The molecule has 0 nitrogen and oxygen atoms in total. The molecular formula is C6H11F3. The minimum Gasteiger partial charge on any atom is -0.171 e. The van der Waals surface area contributed by atoms with Gasteiger partial charge in [0.25, 0.3) is 0 Å². The predicted octanol–water partition coefficient (Wildman–Crippen LogP) is 2.98. The van der Waals surface area contributed by atoms with Crippen LogP contribution in [0.4, 0.5) is 13.2 Å². The van der Waals surface area contributed by atoms with E-state index in [1.807, 2.05) is 0 Å². The van der Waals surface area contributed by atoms with Crippen molar-refractivity contribution < 1.29 is 13.2 Å². The van der Waals surface area contributed by atoms with Gasteiger partial charge in [-0.2, -0.15) is 13.2 Å². The second-order valence-corrected chi connectivity index (χ2v) is 2.06. The van der Waals surface area contributed by atoms with Gasteiger partial charge in [-0.15, -0.1) is 0 Å². The molecule has 0 unspecified atom stereocenters. The lowest BCUT2D eigenvalue weighted by atomic mass is 10.0. The van der Waals surface area contributed by atoms with Gasteiger partial charge >= 0.3 is 6.18 Å². The summed E-state index contributed by atoms with van der Waals surface area (Å²) in [7, 11) is 0. The average molecular weight is 140 g/mol. The first kappa shape index (κ1) is 8.79. The van der Waals surface area contributed by atoms with Crippen LogP contribution in [-0.2, 0) is 0 Å². The van der Waals surface area contributed by atoms with Crippen molar-refractivity contribution in [2.75, 3.05) is 0 Å². The van der Waals surface area contributed by atoms with Gasteiger partial charge in [-0.25, -0.2) is 0 Å². The maximum absolute atomic E-state index is 11.7. The van der Waals surface area contributed by atoms with Crippen LogP contribution in [0.5, 0.6) is 0 Å². The third-order valence-electron chi connectivity index (χ3n) is 1.45. The van der Waals surface area contributed by atoms with Crippen LogP contribution in [0.3, 0.4) is 0 Å². The number of hydrogen-bond donors (Lipinski definition) is 0. The van der Waals surface area contributed by atoms with E-state index in [2.05, 4.69) is 0 Å². The highest BCUT2D eigenvalue weighted by molar-refractivity contribution is 4.62. The van der Waals surface area contributed by atoms with E-state index in [0.717, 1.165) is 0 Å². The lowest BCUT2D eigenvalue weighted by Crippen LogP contribution is -2.20. The van der Waals surface area contributed by atoms with Crippen LogP contribution in [0.15, 0.2) is 0 Å². The maximum atomic E-state index is 11.7. The second-order valence-electron chi connectivity index (χ2n) is 2.06. The van der Waals surface area contributed by atoms with E-state index >= 15 is 0 Å². The van der Waals surface area contributed by atoms with E-state index in [4.69, 9.17) is 0 Å². The zero-order chi connectivity index (χ0) is 7.49. The summed E-state index contributed by atoms with van der Waals surface area (Å²) in [6.45, 7) is 3.11. The van der Waals surface area contributed by atoms with Crippen molar-refractivity contribution in [1.82, 2.24) is 0 Å². The van der Waals surface area contributed by atoms with Gasteiger partial charge < -0.3 is 0 Å². The fourth-order valence-corrected chi connectivity index (χ4v) is 0.752. The van der Waals surface area contributed by atoms with Gasteiger partial charge in [0.05, 0.1) is 5.92 Å². The average Bonchev–Trinajstić information content (AvgIpc) is 1.65. The zero-order valence-electron chi connectivity index (χ0n) is 5.63. The minimum absolute atomic E-state index is 0.194. The molecule has 0 aromatic heterocycles. The molecule has 0 aliphatic heterocycles. The highest BCUT2D eigenvalue weighted by Crippen LogP contribution is 2.30. The standard InChI is InChI=1S/C6H11F3/c1-3-5(4-2)6(7,8)9/h5H,3-4H2,1-2H3. The Balaban J connectivity index is 3.79. The van der Waals surface area contributed by atoms with Gasteiger partial charge in [0.2, 0.25) is 0 Å². The van der Waals surface area contributed by atoms with Crippen molar-refractivity contribution in [3.8, 4) is 0 Å². The highest BCUT2D eigenvalue weighted by Gasteiger charge is 2.36. The van der Waals surface area contributed by atoms with Crippen LogP contribution in [-0.4, -0.2) is 6.18 Å². The van der Waals surface area contributed by atoms with Gasteiger partial charge in [-0.1, -0.05) is 13.8 Å². The molecule has 0 amide bonds. The summed E-state index contributed by atoms with van der Waals surface area (Å²) in [5.41, 5.74) is 0. The summed E-state index contributed by atoms with van der Waals surface area (Å²) in [4.78, 5) is 0. The Bertz CT molecular complexity index is 70.9. The van der Waals surface area contributed by atoms with E-state index in [0.29, 0.717) is 0 Å². The molecule has 0 atom stereocenters. The van der Waals surface area contributed by atoms with Crippen LogP contribution in [0.2, 0.25) is 0 Å². The predicted molar refractivity (Wildman–Crippen MR) is 30.1 cm³/mol. The fourth-order valence-electron chi connectivity index (χ4n) is 0.752. The molecule has 0 fully saturated rings. The molecule has 0 bridgehead atoms. The number of halogens is 3. The third-order valence-corrected chi connectivity index (χ3v) is 1.45. The van der Waals surface area contributed by atoms with Gasteiger partial charge in [0.15, 0.2) is 0 Å². The lowest BCUT2D eigenvalue weighted by Gasteiger charge is -2.15. The molecule has 9 heavy (non-hydrogen) atoms. The van der Waals surface area contributed by atoms with Gasteiger partial charge in [0, 0.05) is 0 Å². The minimum atomic E-state index is -3.98. The molecule has 0 aliphatic rings. The molecule has 0 aromatic carbocycles. The zero-order valence-corrected chi connectivity index (χ0v) is 5.63. The van der Waals surface area contributed by atoms with E-state index in [1.165, 1.54) is 0 Å². The quantitative estimate of drug-likeness (QED) is 0.553. The van der Waals surface area contributed by atoms with Crippen LogP contribution >= 0.6 is 0 Å². The highest BCUT2D eigenvalue weighted by atomic mass is 19.4. The maximum Gasteiger partial charge on any atom is 0.391 e. The number of alkyl halides is 3. The summed E-state index contributed by atoms with van der Waals surface area (Å²) in [5, 5.41) is 0. The molecule has 0 aromatic rings. The molecule has 0 saturated carbocycles. The first-order valence-corrected chi connectivity index (χ1v) is 3.09. The summed E-state index contributed by atoms with van der Waals surface area (Å²) >= 11 is 0. The molecule has 0 heterocycles. The Hall–Kier alpha value is -0.210. The molecule has 3 heteroatoms. The third kappa shape index (κ3) is 2.72. The van der Waals surface area contributed by atoms with Crippen molar-refractivity contribution in [3.63, 3.8) is 0 Å². The molecule has 0 saturated heterocycles. The summed E-state index contributed by atoms with van der Waals surface area (Å²) in [5.74, 6) is -1.10. The van der Waals surface area contributed by atoms with Crippen molar-refractivity contribution in [3.05, 3.63) is 0 Å². The molecule has 0 spiro atoms. The monoisotopic (exact) mass is 140 g/mol. The van der Waals surface area contributed by atoms with Gasteiger partial charge in [0.1, 0.15) is 0 Å². The fraction of sp³-hybridized carbons (Fsp3) is 1.00. The molecular weight excluding hydrogens is 129 g/mol. The Morgan fingerprint density at radius 1 is 1.11 bits per heavy atom. The topological polar surface area (TPSA) is 0 Å². The SMILES string of the molecule is CCC(CC)C(F)(F)F. The Morgan fingerprint density at radius 2 is 1.44 bits per heavy atom. The first-order valence-electron chi connectivity index (χ1n) is 3.09. The molecule has 0 radical (unpaired) electrons. The first-order chi connectivity index (χ1) is 4.02. The smallest absolute Gasteiger partial charge is 0.171 e. The molecule has 0 aliphatic carbocycles. The van der Waals surface area contributed by atoms with Crippen LogP contribution in [0.1, 0.15) is 26.7 Å². The van der Waals surface area contributed by atoms with Crippen LogP contribution in [0, 0.1) is 5.92 Å². The number of rotatable bonds is 2. The Morgan fingerprint density at radius 3 is 1.44 bits per heavy atom. The van der Waals surface area contributed by atoms with Gasteiger partial charge in [-0.05, 0) is 12.8 Å². The van der Waals surface area contributed by atoms with Crippen LogP contribution < -0.4 is 0 Å². The lowest BCUT2D eigenvalue weighted by molar-refractivity contribution is -0.175. The summed E-state index contributed by atoms with van der Waals surface area (Å²) in [6.07, 6.45) is -3.59. The molecule has 0 N–H and O–H groups in total. The van der Waals surface area contributed by atoms with E-state index < -0.39 is 12.1 Å². The van der Waals surface area contributed by atoms with Crippen molar-refractivity contribution in [2.45, 2.75) is 32.9 Å². The Kier molecular flexibility index (Phi) is 3.01. The second kappa shape index (κ2) is 3.08. The molecule has 0 rings (SSSR count). The normalized spacial score (nSPS) is 12.7. The number of hydrogen-bond acceptors (Lipinski definition) is 0. The van der Waals surface area contributed by atoms with Gasteiger partial charge in [-0.3, -0.25) is 0 Å². The van der Waals surface area contributed by atoms with Crippen molar-refractivity contribution >= 4 is 0 Å². The largest absolute Gasteiger partial charge is 0.391 e. The van der Waals surface area contributed by atoms with E-state index in [1.54, 1.807) is 13.8 Å². The van der Waals surface area contributed by atoms with Crippen molar-refractivity contribution in [2.24, 2.45) is 5.92 Å². The van der Waals surface area contributed by atoms with E-state index in [9.17, 15) is 13.2 Å². The summed E-state index contributed by atoms with van der Waals surface area (Å²) in [6, 6.07) is 0. The van der Waals surface area contributed by atoms with Crippen molar-refractivity contribution in [1.29, 1.82) is 0 Å². The van der Waals surface area contributed by atoms with Crippen LogP contribution in [0.25, 0.3) is 0 Å².